The van der Waals surface area contributed by atoms with Gasteiger partial charge in [-0.15, -0.1) is 0 Å². The molecule has 128 valence electrons. The summed E-state index contributed by atoms with van der Waals surface area (Å²) < 4.78 is 2.29. The third-order valence-corrected chi connectivity index (χ3v) is 5.44. The number of nitrogen functional groups attached to an aromatic ring is 1. The van der Waals surface area contributed by atoms with Crippen molar-refractivity contribution in [3.05, 3.63) is 68.5 Å². The number of benzene rings is 2. The highest BCUT2D eigenvalue weighted by atomic mass is 32.1. The molecular formula is C19H19N3OS2. The zero-order chi connectivity index (χ0) is 18.0. The summed E-state index contributed by atoms with van der Waals surface area (Å²) in [4.78, 5) is 13.1. The van der Waals surface area contributed by atoms with Crippen molar-refractivity contribution in [2.24, 2.45) is 0 Å². The van der Waals surface area contributed by atoms with Crippen molar-refractivity contribution < 1.29 is 4.79 Å². The average Bonchev–Trinajstić information content (AvgIpc) is 2.91. The molecule has 2 aromatic carbocycles. The van der Waals surface area contributed by atoms with Crippen LogP contribution in [0.4, 0.5) is 11.5 Å². The van der Waals surface area contributed by atoms with Crippen LogP contribution < -0.4 is 11.1 Å². The standard InChI is InChI=1S/C19H19N3OS2/c1-3-13-8-10-14(11-9-13)22-17(20)16(25-19(22)24)18(23)21-15-7-5-4-6-12(15)2/h4-11H,3,20H2,1-2H3,(H,21,23). The van der Waals surface area contributed by atoms with Crippen LogP contribution in [-0.2, 0) is 6.42 Å². The lowest BCUT2D eigenvalue weighted by Crippen LogP contribution is -2.14. The first-order valence-electron chi connectivity index (χ1n) is 7.99. The third kappa shape index (κ3) is 3.50. The summed E-state index contributed by atoms with van der Waals surface area (Å²) in [6, 6.07) is 15.7. The van der Waals surface area contributed by atoms with Gasteiger partial charge >= 0.3 is 0 Å². The zero-order valence-electron chi connectivity index (χ0n) is 14.1. The van der Waals surface area contributed by atoms with Crippen LogP contribution in [0.25, 0.3) is 5.69 Å². The van der Waals surface area contributed by atoms with Gasteiger partial charge in [-0.25, -0.2) is 0 Å². The van der Waals surface area contributed by atoms with Gasteiger partial charge in [-0.05, 0) is 54.9 Å². The Hall–Kier alpha value is -2.44. The average molecular weight is 370 g/mol. The number of hydrogen-bond acceptors (Lipinski definition) is 4. The van der Waals surface area contributed by atoms with Crippen molar-refractivity contribution in [1.82, 2.24) is 4.57 Å². The number of carbonyl (C=O) groups is 1. The molecule has 1 aromatic heterocycles. The van der Waals surface area contributed by atoms with Gasteiger partial charge in [-0.1, -0.05) is 48.6 Å². The Kier molecular flexibility index (Phi) is 5.01. The minimum Gasteiger partial charge on any atom is -0.383 e. The number of hydrogen-bond donors (Lipinski definition) is 2. The number of nitrogens with zero attached hydrogens (tertiary/aromatic N) is 1. The van der Waals surface area contributed by atoms with E-state index in [4.69, 9.17) is 18.0 Å². The van der Waals surface area contributed by atoms with Gasteiger partial charge in [0.05, 0.1) is 0 Å². The predicted octanol–water partition coefficient (Wildman–Crippen LogP) is 4.97. The van der Waals surface area contributed by atoms with E-state index in [1.165, 1.54) is 16.9 Å². The van der Waals surface area contributed by atoms with Crippen molar-refractivity contribution in [2.45, 2.75) is 20.3 Å². The number of carbonyl (C=O) groups excluding carboxylic acids is 1. The van der Waals surface area contributed by atoms with Gasteiger partial charge in [-0.3, -0.25) is 9.36 Å². The molecule has 3 N–H and O–H groups in total. The summed E-state index contributed by atoms with van der Waals surface area (Å²) in [6.07, 6.45) is 0.967. The highest BCUT2D eigenvalue weighted by Crippen LogP contribution is 2.27. The summed E-state index contributed by atoms with van der Waals surface area (Å²) >= 11 is 6.65. The lowest BCUT2D eigenvalue weighted by molar-refractivity contribution is 0.103. The summed E-state index contributed by atoms with van der Waals surface area (Å²) in [5.74, 6) is 0.122. The van der Waals surface area contributed by atoms with E-state index in [1.807, 2.05) is 55.5 Å². The number of thiazole rings is 1. The van der Waals surface area contributed by atoms with Crippen molar-refractivity contribution in [2.75, 3.05) is 11.1 Å². The molecule has 0 saturated heterocycles. The monoisotopic (exact) mass is 369 g/mol. The first kappa shape index (κ1) is 17.4. The fraction of sp³-hybridized carbons (Fsp3) is 0.158. The maximum atomic E-state index is 12.6. The first-order valence-corrected chi connectivity index (χ1v) is 9.21. The van der Waals surface area contributed by atoms with E-state index < -0.39 is 0 Å². The summed E-state index contributed by atoms with van der Waals surface area (Å²) in [5, 5.41) is 2.91. The maximum absolute atomic E-state index is 12.6. The molecule has 3 rings (SSSR count). The topological polar surface area (TPSA) is 60.0 Å². The van der Waals surface area contributed by atoms with Crippen LogP contribution in [0.15, 0.2) is 48.5 Å². The molecule has 0 saturated carbocycles. The molecule has 0 aliphatic carbocycles. The molecule has 6 heteroatoms. The smallest absolute Gasteiger partial charge is 0.269 e. The molecule has 0 atom stereocenters. The SMILES string of the molecule is CCc1ccc(-n2c(N)c(C(=O)Nc3ccccc3C)sc2=S)cc1. The number of nitrogens with two attached hydrogens (primary N) is 1. The fourth-order valence-corrected chi connectivity index (χ4v) is 3.83. The Morgan fingerprint density at radius 2 is 1.88 bits per heavy atom. The quantitative estimate of drug-likeness (QED) is 0.638. The van der Waals surface area contributed by atoms with Crippen LogP contribution in [0.2, 0.25) is 0 Å². The van der Waals surface area contributed by atoms with E-state index in [2.05, 4.69) is 12.2 Å². The van der Waals surface area contributed by atoms with Gasteiger partial charge in [0.15, 0.2) is 3.95 Å². The second-order valence-electron chi connectivity index (χ2n) is 5.71. The Morgan fingerprint density at radius 1 is 1.20 bits per heavy atom. The molecule has 0 unspecified atom stereocenters. The number of anilines is 2. The van der Waals surface area contributed by atoms with Gasteiger partial charge in [0.25, 0.3) is 5.91 Å². The van der Waals surface area contributed by atoms with Crippen LogP contribution in [-0.4, -0.2) is 10.5 Å². The predicted molar refractivity (Wildman–Crippen MR) is 107 cm³/mol. The molecule has 25 heavy (non-hydrogen) atoms. The molecule has 1 heterocycles. The van der Waals surface area contributed by atoms with Gasteiger partial charge in [0.1, 0.15) is 10.7 Å². The number of nitrogens with one attached hydrogen (secondary N) is 1. The molecule has 4 nitrogen and oxygen atoms in total. The maximum Gasteiger partial charge on any atom is 0.269 e. The van der Waals surface area contributed by atoms with Gasteiger partial charge < -0.3 is 11.1 Å². The first-order chi connectivity index (χ1) is 12.0. The molecular weight excluding hydrogens is 350 g/mol. The highest BCUT2D eigenvalue weighted by Gasteiger charge is 2.18. The van der Waals surface area contributed by atoms with E-state index in [-0.39, 0.29) is 5.91 Å². The normalized spacial score (nSPS) is 10.6. The minimum atomic E-state index is -0.244. The summed E-state index contributed by atoms with van der Waals surface area (Å²) in [5.41, 5.74) is 10.1. The van der Waals surface area contributed by atoms with Crippen LogP contribution >= 0.6 is 23.6 Å². The van der Waals surface area contributed by atoms with E-state index in [0.717, 1.165) is 23.4 Å². The Bertz CT molecular complexity index is 971. The van der Waals surface area contributed by atoms with Crippen molar-refractivity contribution in [3.63, 3.8) is 0 Å². The fourth-order valence-electron chi connectivity index (χ4n) is 2.57. The van der Waals surface area contributed by atoms with E-state index >= 15 is 0 Å². The third-order valence-electron chi connectivity index (χ3n) is 4.05. The highest BCUT2D eigenvalue weighted by molar-refractivity contribution is 7.73. The number of aryl methyl sites for hydroxylation is 2. The van der Waals surface area contributed by atoms with Crippen LogP contribution in [0.1, 0.15) is 27.7 Å². The Labute approximate surface area is 155 Å². The largest absolute Gasteiger partial charge is 0.383 e. The van der Waals surface area contributed by atoms with Crippen LogP contribution in [0.3, 0.4) is 0 Å². The Morgan fingerprint density at radius 3 is 2.52 bits per heavy atom. The number of rotatable bonds is 4. The molecule has 0 aliphatic rings. The van der Waals surface area contributed by atoms with Gasteiger partial charge in [-0.2, -0.15) is 0 Å². The lowest BCUT2D eigenvalue weighted by Gasteiger charge is -2.09. The molecule has 0 spiro atoms. The van der Waals surface area contributed by atoms with Crippen molar-refractivity contribution >= 4 is 41.0 Å². The number of para-hydroxylation sites is 1. The number of amides is 1. The molecule has 0 aliphatic heterocycles. The molecule has 0 bridgehead atoms. The molecule has 0 fully saturated rings. The molecule has 0 radical (unpaired) electrons. The van der Waals surface area contributed by atoms with Crippen LogP contribution in [0, 0.1) is 10.9 Å². The van der Waals surface area contributed by atoms with Crippen molar-refractivity contribution in [3.8, 4) is 5.69 Å². The second kappa shape index (κ2) is 7.21. The van der Waals surface area contributed by atoms with Gasteiger partial charge in [0, 0.05) is 11.4 Å². The van der Waals surface area contributed by atoms with E-state index in [0.29, 0.717) is 14.6 Å². The molecule has 3 aromatic rings. The summed E-state index contributed by atoms with van der Waals surface area (Å²) in [6.45, 7) is 4.05. The Balaban J connectivity index is 1.95. The van der Waals surface area contributed by atoms with Gasteiger partial charge in [0.2, 0.25) is 0 Å². The summed E-state index contributed by atoms with van der Waals surface area (Å²) in [7, 11) is 0. The van der Waals surface area contributed by atoms with Crippen LogP contribution in [0.5, 0.6) is 0 Å². The minimum absolute atomic E-state index is 0.244. The van der Waals surface area contributed by atoms with Crippen molar-refractivity contribution in [1.29, 1.82) is 0 Å². The van der Waals surface area contributed by atoms with E-state index in [9.17, 15) is 4.79 Å². The zero-order valence-corrected chi connectivity index (χ0v) is 15.7. The number of aromatic nitrogens is 1. The lowest BCUT2D eigenvalue weighted by atomic mass is 10.1. The second-order valence-corrected chi connectivity index (χ2v) is 7.35. The van der Waals surface area contributed by atoms with E-state index in [1.54, 1.807) is 4.57 Å². The molecule has 1 amide bonds.